The number of hydrogen-bond acceptors (Lipinski definition) is 5. The predicted octanol–water partition coefficient (Wildman–Crippen LogP) is 2.17. The van der Waals surface area contributed by atoms with E-state index in [1.54, 1.807) is 36.4 Å². The molecule has 6 nitrogen and oxygen atoms in total. The van der Waals surface area contributed by atoms with Crippen molar-refractivity contribution < 1.29 is 13.2 Å². The zero-order valence-corrected chi connectivity index (χ0v) is 12.4. The monoisotopic (exact) mass is 307 g/mol. The molecule has 21 heavy (non-hydrogen) atoms. The molecule has 0 aromatic heterocycles. The summed E-state index contributed by atoms with van der Waals surface area (Å²) in [4.78, 5) is 0.146. The Morgan fingerprint density at radius 3 is 2.38 bits per heavy atom. The second kappa shape index (κ2) is 6.47. The summed E-state index contributed by atoms with van der Waals surface area (Å²) in [6.07, 6.45) is 0. The van der Waals surface area contributed by atoms with E-state index in [1.807, 2.05) is 6.92 Å². The molecule has 0 aliphatic carbocycles. The van der Waals surface area contributed by atoms with Gasteiger partial charge in [0.25, 0.3) is 10.0 Å². The summed E-state index contributed by atoms with van der Waals surface area (Å²) in [6, 6.07) is 13.0. The van der Waals surface area contributed by atoms with E-state index >= 15 is 0 Å². The molecule has 4 N–H and O–H groups in total. The molecule has 0 radical (unpaired) electrons. The summed E-state index contributed by atoms with van der Waals surface area (Å²) >= 11 is 0. The summed E-state index contributed by atoms with van der Waals surface area (Å²) in [6.45, 7) is 2.29. The Morgan fingerprint density at radius 2 is 1.76 bits per heavy atom. The SMILES string of the molecule is CCOc1ccccc1NS(=O)(=O)c1ccc(NN)cc1. The third-order valence-corrected chi connectivity index (χ3v) is 4.14. The fraction of sp³-hybridized carbons (Fsp3) is 0.143. The molecular formula is C14H17N3O3S. The topological polar surface area (TPSA) is 93.4 Å². The molecule has 7 heteroatoms. The van der Waals surface area contributed by atoms with Crippen LogP contribution in [0.1, 0.15) is 6.92 Å². The third kappa shape index (κ3) is 3.65. The molecule has 112 valence electrons. The normalized spacial score (nSPS) is 11.0. The van der Waals surface area contributed by atoms with E-state index < -0.39 is 10.0 Å². The Morgan fingerprint density at radius 1 is 1.10 bits per heavy atom. The van der Waals surface area contributed by atoms with Crippen molar-refractivity contribution in [2.24, 2.45) is 5.84 Å². The van der Waals surface area contributed by atoms with Crippen LogP contribution in [0.25, 0.3) is 0 Å². The second-order valence-electron chi connectivity index (χ2n) is 4.20. The number of ether oxygens (including phenoxy) is 1. The molecule has 2 rings (SSSR count). The van der Waals surface area contributed by atoms with Gasteiger partial charge in [-0.05, 0) is 43.3 Å². The zero-order chi connectivity index (χ0) is 15.3. The van der Waals surface area contributed by atoms with Crippen molar-refractivity contribution in [1.82, 2.24) is 0 Å². The largest absolute Gasteiger partial charge is 0.492 e. The maximum Gasteiger partial charge on any atom is 0.262 e. The van der Waals surface area contributed by atoms with Crippen LogP contribution in [0.15, 0.2) is 53.4 Å². The van der Waals surface area contributed by atoms with Gasteiger partial charge in [0.15, 0.2) is 0 Å². The summed E-state index contributed by atoms with van der Waals surface area (Å²) < 4.78 is 32.6. The van der Waals surface area contributed by atoms with E-state index in [0.29, 0.717) is 23.7 Å². The van der Waals surface area contributed by atoms with E-state index in [2.05, 4.69) is 10.1 Å². The van der Waals surface area contributed by atoms with Gasteiger partial charge in [-0.15, -0.1) is 0 Å². The van der Waals surface area contributed by atoms with Crippen molar-refractivity contribution in [1.29, 1.82) is 0 Å². The van der Waals surface area contributed by atoms with Crippen LogP contribution in [-0.4, -0.2) is 15.0 Å². The van der Waals surface area contributed by atoms with Crippen LogP contribution >= 0.6 is 0 Å². The smallest absolute Gasteiger partial charge is 0.262 e. The summed E-state index contributed by atoms with van der Waals surface area (Å²) in [7, 11) is -3.68. The maximum atomic E-state index is 12.3. The van der Waals surface area contributed by atoms with Crippen molar-refractivity contribution in [2.75, 3.05) is 16.8 Å². The van der Waals surface area contributed by atoms with Gasteiger partial charge in [-0.2, -0.15) is 0 Å². The predicted molar refractivity (Wildman–Crippen MR) is 82.7 cm³/mol. The Bertz CT molecular complexity index is 700. The number of nitrogen functional groups attached to an aromatic ring is 1. The molecule has 0 atom stereocenters. The van der Waals surface area contributed by atoms with Crippen LogP contribution in [0, 0.1) is 0 Å². The molecule has 0 saturated carbocycles. The van der Waals surface area contributed by atoms with E-state index in [0.717, 1.165) is 0 Å². The first-order valence-electron chi connectivity index (χ1n) is 6.38. The van der Waals surface area contributed by atoms with Crippen molar-refractivity contribution >= 4 is 21.4 Å². The highest BCUT2D eigenvalue weighted by atomic mass is 32.2. The zero-order valence-electron chi connectivity index (χ0n) is 11.5. The summed E-state index contributed by atoms with van der Waals surface area (Å²) in [5.41, 5.74) is 3.48. The highest BCUT2D eigenvalue weighted by Crippen LogP contribution is 2.26. The fourth-order valence-corrected chi connectivity index (χ4v) is 2.84. The number of sulfonamides is 1. The molecule has 0 spiro atoms. The first-order valence-corrected chi connectivity index (χ1v) is 7.86. The lowest BCUT2D eigenvalue weighted by atomic mass is 10.3. The molecule has 0 aliphatic rings. The Labute approximate surface area is 124 Å². The summed E-state index contributed by atoms with van der Waals surface area (Å²) in [5.74, 6) is 5.74. The fourth-order valence-electron chi connectivity index (χ4n) is 1.77. The van der Waals surface area contributed by atoms with Crippen molar-refractivity contribution in [3.63, 3.8) is 0 Å². The molecule has 0 amide bonds. The lowest BCUT2D eigenvalue weighted by Gasteiger charge is -2.13. The minimum Gasteiger partial charge on any atom is -0.492 e. The number of para-hydroxylation sites is 2. The Hall–Kier alpha value is -2.25. The van der Waals surface area contributed by atoms with Crippen molar-refractivity contribution in [3.8, 4) is 5.75 Å². The van der Waals surface area contributed by atoms with Gasteiger partial charge in [0.1, 0.15) is 5.75 Å². The molecule has 0 heterocycles. The van der Waals surface area contributed by atoms with Gasteiger partial charge in [-0.25, -0.2) is 8.42 Å². The number of benzene rings is 2. The minimum atomic E-state index is -3.68. The quantitative estimate of drug-likeness (QED) is 0.562. The average molecular weight is 307 g/mol. The number of nitrogens with one attached hydrogen (secondary N) is 2. The van der Waals surface area contributed by atoms with Crippen LogP contribution in [-0.2, 0) is 10.0 Å². The van der Waals surface area contributed by atoms with Gasteiger partial charge >= 0.3 is 0 Å². The Balaban J connectivity index is 2.28. The van der Waals surface area contributed by atoms with Gasteiger partial charge in [0, 0.05) is 5.69 Å². The first kappa shape index (κ1) is 15.1. The standard InChI is InChI=1S/C14H17N3O3S/c1-2-20-14-6-4-3-5-13(14)17-21(18,19)12-9-7-11(16-15)8-10-12/h3-10,16-17H,2,15H2,1H3. The van der Waals surface area contributed by atoms with Crippen LogP contribution in [0.2, 0.25) is 0 Å². The van der Waals surface area contributed by atoms with Crippen LogP contribution in [0.5, 0.6) is 5.75 Å². The van der Waals surface area contributed by atoms with E-state index in [-0.39, 0.29) is 4.90 Å². The van der Waals surface area contributed by atoms with E-state index in [4.69, 9.17) is 10.6 Å². The lowest BCUT2D eigenvalue weighted by molar-refractivity contribution is 0.342. The molecule has 0 saturated heterocycles. The molecule has 0 unspecified atom stereocenters. The third-order valence-electron chi connectivity index (χ3n) is 2.76. The number of rotatable bonds is 6. The molecular weight excluding hydrogens is 290 g/mol. The van der Waals surface area contributed by atoms with Gasteiger partial charge in [0.2, 0.25) is 0 Å². The van der Waals surface area contributed by atoms with Crippen molar-refractivity contribution in [2.45, 2.75) is 11.8 Å². The maximum absolute atomic E-state index is 12.3. The average Bonchev–Trinajstić information content (AvgIpc) is 2.49. The number of hydrazine groups is 1. The van der Waals surface area contributed by atoms with E-state index in [9.17, 15) is 8.42 Å². The highest BCUT2D eigenvalue weighted by Gasteiger charge is 2.16. The summed E-state index contributed by atoms with van der Waals surface area (Å²) in [5, 5.41) is 0. The number of hydrogen-bond donors (Lipinski definition) is 3. The molecule has 0 aliphatic heterocycles. The van der Waals surface area contributed by atoms with Gasteiger partial charge < -0.3 is 10.2 Å². The van der Waals surface area contributed by atoms with Crippen LogP contribution in [0.4, 0.5) is 11.4 Å². The highest BCUT2D eigenvalue weighted by molar-refractivity contribution is 7.92. The number of anilines is 2. The molecule has 0 bridgehead atoms. The van der Waals surface area contributed by atoms with Crippen LogP contribution < -0.4 is 20.7 Å². The molecule has 2 aromatic carbocycles. The molecule has 0 fully saturated rings. The Kier molecular flexibility index (Phi) is 4.66. The van der Waals surface area contributed by atoms with Gasteiger partial charge in [-0.1, -0.05) is 12.1 Å². The number of nitrogens with two attached hydrogens (primary N) is 1. The lowest BCUT2D eigenvalue weighted by Crippen LogP contribution is -2.14. The first-order chi connectivity index (χ1) is 10.1. The van der Waals surface area contributed by atoms with Gasteiger partial charge in [0.05, 0.1) is 17.2 Å². The van der Waals surface area contributed by atoms with E-state index in [1.165, 1.54) is 12.1 Å². The van der Waals surface area contributed by atoms with Gasteiger partial charge in [-0.3, -0.25) is 10.6 Å². The van der Waals surface area contributed by atoms with Crippen LogP contribution in [0.3, 0.4) is 0 Å². The second-order valence-corrected chi connectivity index (χ2v) is 5.89. The minimum absolute atomic E-state index is 0.146. The molecule has 2 aromatic rings. The van der Waals surface area contributed by atoms with Crippen molar-refractivity contribution in [3.05, 3.63) is 48.5 Å².